The van der Waals surface area contributed by atoms with Gasteiger partial charge in [0.2, 0.25) is 0 Å². The fourth-order valence-electron chi connectivity index (χ4n) is 3.50. The van der Waals surface area contributed by atoms with Crippen LogP contribution in [0.1, 0.15) is 46.4 Å². The molecule has 2 amide bonds. The van der Waals surface area contributed by atoms with Gasteiger partial charge in [0.05, 0.1) is 22.6 Å². The van der Waals surface area contributed by atoms with Crippen molar-refractivity contribution in [2.45, 2.75) is 31.8 Å². The van der Waals surface area contributed by atoms with E-state index >= 15 is 0 Å². The quantitative estimate of drug-likeness (QED) is 0.540. The van der Waals surface area contributed by atoms with Crippen molar-refractivity contribution in [3.05, 3.63) is 64.7 Å². The van der Waals surface area contributed by atoms with Crippen LogP contribution < -0.4 is 15.4 Å². The highest BCUT2D eigenvalue weighted by molar-refractivity contribution is 6.33. The highest BCUT2D eigenvalue weighted by atomic mass is 35.5. The molecule has 0 heterocycles. The number of aliphatic carboxylic acids is 1. The molecule has 3 N–H and O–H groups in total. The van der Waals surface area contributed by atoms with E-state index in [1.165, 1.54) is 0 Å². The summed E-state index contributed by atoms with van der Waals surface area (Å²) in [6.45, 7) is 0.552. The van der Waals surface area contributed by atoms with Gasteiger partial charge in [0.1, 0.15) is 5.75 Å². The molecule has 2 aromatic carbocycles. The number of carbonyl (C=O) groups excluding carboxylic acids is 2. The van der Waals surface area contributed by atoms with Crippen molar-refractivity contribution in [3.63, 3.8) is 0 Å². The smallest absolute Gasteiger partial charge is 0.306 e. The van der Waals surface area contributed by atoms with Gasteiger partial charge in [0, 0.05) is 18.7 Å². The summed E-state index contributed by atoms with van der Waals surface area (Å²) in [5, 5.41) is 14.9. The molecule has 0 unspecified atom stereocenters. The van der Waals surface area contributed by atoms with Crippen LogP contribution in [0.15, 0.2) is 48.5 Å². The van der Waals surface area contributed by atoms with Crippen molar-refractivity contribution >= 4 is 29.4 Å². The molecule has 1 aliphatic carbocycles. The van der Waals surface area contributed by atoms with E-state index in [4.69, 9.17) is 21.4 Å². The van der Waals surface area contributed by atoms with E-state index in [9.17, 15) is 14.4 Å². The Balaban J connectivity index is 1.39. The molecule has 0 aliphatic heterocycles. The van der Waals surface area contributed by atoms with Gasteiger partial charge in [-0.05, 0) is 62.1 Å². The van der Waals surface area contributed by atoms with Gasteiger partial charge in [-0.2, -0.15) is 0 Å². The molecule has 164 valence electrons. The third-order valence-corrected chi connectivity index (χ3v) is 5.59. The second-order valence-corrected chi connectivity index (χ2v) is 7.85. The van der Waals surface area contributed by atoms with Crippen molar-refractivity contribution in [2.75, 3.05) is 13.1 Å². The van der Waals surface area contributed by atoms with E-state index in [2.05, 4.69) is 10.6 Å². The Hall–Kier alpha value is -3.06. The third kappa shape index (κ3) is 6.46. The molecule has 0 radical (unpaired) electrons. The molecular weight excluding hydrogens is 420 g/mol. The highest BCUT2D eigenvalue weighted by Crippen LogP contribution is 2.28. The van der Waals surface area contributed by atoms with Crippen LogP contribution in [-0.2, 0) is 4.79 Å². The topological polar surface area (TPSA) is 105 Å². The van der Waals surface area contributed by atoms with Crippen LogP contribution >= 0.6 is 11.6 Å². The minimum atomic E-state index is -0.739. The standard InChI is InChI=1S/C23H25ClN2O5/c24-20-4-2-1-3-19(20)22(28)26-14-13-25-21(27)15-5-9-17(10-6-15)31-18-11-7-16(8-12-18)23(29)30/h1-6,9-10,16,18H,7-8,11-14H2,(H,25,27)(H,26,28)(H,29,30). The van der Waals surface area contributed by atoms with E-state index < -0.39 is 5.97 Å². The molecule has 0 atom stereocenters. The van der Waals surface area contributed by atoms with Crippen LogP contribution in [0.5, 0.6) is 5.75 Å². The Kier molecular flexibility index (Phi) is 7.89. The van der Waals surface area contributed by atoms with Crippen molar-refractivity contribution in [3.8, 4) is 5.75 Å². The summed E-state index contributed by atoms with van der Waals surface area (Å²) < 4.78 is 5.91. The van der Waals surface area contributed by atoms with E-state index in [0.29, 0.717) is 47.6 Å². The predicted octanol–water partition coefficient (Wildman–Crippen LogP) is 3.52. The molecule has 0 saturated heterocycles. The van der Waals surface area contributed by atoms with Crippen molar-refractivity contribution in [2.24, 2.45) is 5.92 Å². The van der Waals surface area contributed by atoms with Crippen LogP contribution in [0.2, 0.25) is 5.02 Å². The normalized spacial score (nSPS) is 18.1. The lowest BCUT2D eigenvalue weighted by atomic mass is 9.87. The van der Waals surface area contributed by atoms with Crippen LogP contribution in [-0.4, -0.2) is 42.1 Å². The number of hydrogen-bond donors (Lipinski definition) is 3. The molecule has 1 saturated carbocycles. The third-order valence-electron chi connectivity index (χ3n) is 5.26. The van der Waals surface area contributed by atoms with E-state index in [-0.39, 0.29) is 36.9 Å². The number of ether oxygens (including phenoxy) is 1. The molecule has 1 aliphatic rings. The van der Waals surface area contributed by atoms with Gasteiger partial charge in [0.25, 0.3) is 11.8 Å². The summed E-state index contributed by atoms with van der Waals surface area (Å²) in [5.74, 6) is -0.904. The lowest BCUT2D eigenvalue weighted by Crippen LogP contribution is -2.34. The number of carboxylic acid groups (broad SMARTS) is 1. The summed E-state index contributed by atoms with van der Waals surface area (Å²) in [5.41, 5.74) is 0.877. The van der Waals surface area contributed by atoms with Crippen LogP contribution in [0.4, 0.5) is 0 Å². The van der Waals surface area contributed by atoms with Gasteiger partial charge in [-0.25, -0.2) is 0 Å². The predicted molar refractivity (Wildman–Crippen MR) is 117 cm³/mol. The maximum Gasteiger partial charge on any atom is 0.306 e. The zero-order valence-corrected chi connectivity index (χ0v) is 17.7. The minimum Gasteiger partial charge on any atom is -0.490 e. The van der Waals surface area contributed by atoms with Crippen molar-refractivity contribution < 1.29 is 24.2 Å². The molecule has 1 fully saturated rings. The SMILES string of the molecule is O=C(NCCNC(=O)c1ccccc1Cl)c1ccc(OC2CCC(C(=O)O)CC2)cc1. The first-order valence-corrected chi connectivity index (χ1v) is 10.6. The van der Waals surface area contributed by atoms with Crippen LogP contribution in [0.3, 0.4) is 0 Å². The average molecular weight is 445 g/mol. The number of carbonyl (C=O) groups is 3. The maximum atomic E-state index is 12.3. The first kappa shape index (κ1) is 22.6. The van der Waals surface area contributed by atoms with Gasteiger partial charge in [0.15, 0.2) is 0 Å². The van der Waals surface area contributed by atoms with E-state index in [1.54, 1.807) is 48.5 Å². The minimum absolute atomic E-state index is 0.00277. The van der Waals surface area contributed by atoms with Crippen molar-refractivity contribution in [1.82, 2.24) is 10.6 Å². The number of halogens is 1. The van der Waals surface area contributed by atoms with Gasteiger partial charge in [-0.1, -0.05) is 23.7 Å². The Morgan fingerprint density at radius 2 is 1.52 bits per heavy atom. The summed E-state index contributed by atoms with van der Waals surface area (Å²) in [6.07, 6.45) is 2.65. The Morgan fingerprint density at radius 1 is 0.903 bits per heavy atom. The summed E-state index contributed by atoms with van der Waals surface area (Å²) in [6, 6.07) is 13.6. The number of nitrogens with one attached hydrogen (secondary N) is 2. The summed E-state index contributed by atoms with van der Waals surface area (Å²) in [4.78, 5) is 35.4. The fourth-order valence-corrected chi connectivity index (χ4v) is 3.72. The Labute approximate surface area is 185 Å². The number of amides is 2. The number of carboxylic acids is 1. The summed E-state index contributed by atoms with van der Waals surface area (Å²) >= 11 is 5.99. The highest BCUT2D eigenvalue weighted by Gasteiger charge is 2.26. The van der Waals surface area contributed by atoms with Gasteiger partial charge < -0.3 is 20.5 Å². The Morgan fingerprint density at radius 3 is 2.13 bits per heavy atom. The van der Waals surface area contributed by atoms with Crippen molar-refractivity contribution in [1.29, 1.82) is 0 Å². The number of rotatable bonds is 8. The molecule has 31 heavy (non-hydrogen) atoms. The second-order valence-electron chi connectivity index (χ2n) is 7.45. The fraction of sp³-hybridized carbons (Fsp3) is 0.348. The summed E-state index contributed by atoms with van der Waals surface area (Å²) in [7, 11) is 0. The lowest BCUT2D eigenvalue weighted by Gasteiger charge is -2.26. The maximum absolute atomic E-state index is 12.3. The average Bonchev–Trinajstić information content (AvgIpc) is 2.77. The zero-order valence-electron chi connectivity index (χ0n) is 17.0. The largest absolute Gasteiger partial charge is 0.490 e. The molecular formula is C23H25ClN2O5. The lowest BCUT2D eigenvalue weighted by molar-refractivity contribution is -0.143. The number of hydrogen-bond acceptors (Lipinski definition) is 4. The van der Waals surface area contributed by atoms with Crippen LogP contribution in [0, 0.1) is 5.92 Å². The van der Waals surface area contributed by atoms with E-state index in [0.717, 1.165) is 0 Å². The molecule has 0 aromatic heterocycles. The molecule has 2 aromatic rings. The number of benzene rings is 2. The van der Waals surface area contributed by atoms with Crippen LogP contribution in [0.25, 0.3) is 0 Å². The van der Waals surface area contributed by atoms with Gasteiger partial charge in [-0.3, -0.25) is 14.4 Å². The monoisotopic (exact) mass is 444 g/mol. The molecule has 0 spiro atoms. The van der Waals surface area contributed by atoms with Gasteiger partial charge >= 0.3 is 5.97 Å². The molecule has 0 bridgehead atoms. The second kappa shape index (κ2) is 10.8. The molecule has 7 nitrogen and oxygen atoms in total. The Bertz CT molecular complexity index is 924. The molecule has 3 rings (SSSR count). The first-order valence-electron chi connectivity index (χ1n) is 10.2. The van der Waals surface area contributed by atoms with E-state index in [1.807, 2.05) is 0 Å². The zero-order chi connectivity index (χ0) is 22.2. The first-order chi connectivity index (χ1) is 14.9. The molecule has 8 heteroatoms. The van der Waals surface area contributed by atoms with Gasteiger partial charge in [-0.15, -0.1) is 0 Å².